The van der Waals surface area contributed by atoms with E-state index in [9.17, 15) is 5.11 Å². The number of aliphatic hydroxyl groups is 1. The van der Waals surface area contributed by atoms with E-state index in [1.54, 1.807) is 0 Å². The summed E-state index contributed by atoms with van der Waals surface area (Å²) in [5.74, 6) is 2.53. The largest absolute Gasteiger partial charge is 0.454 e. The van der Waals surface area contributed by atoms with Crippen molar-refractivity contribution in [1.82, 2.24) is 9.55 Å². The molecule has 0 spiro atoms. The van der Waals surface area contributed by atoms with E-state index in [1.807, 2.05) is 36.4 Å². The Bertz CT molecular complexity index is 937. The van der Waals surface area contributed by atoms with Gasteiger partial charge in [-0.1, -0.05) is 31.5 Å². The first kappa shape index (κ1) is 18.8. The van der Waals surface area contributed by atoms with Crippen LogP contribution in [0.25, 0.3) is 11.0 Å². The Morgan fingerprint density at radius 3 is 2.93 bits per heavy atom. The van der Waals surface area contributed by atoms with Gasteiger partial charge in [-0.3, -0.25) is 0 Å². The van der Waals surface area contributed by atoms with E-state index >= 15 is 0 Å². The zero-order valence-corrected chi connectivity index (χ0v) is 16.1. The highest BCUT2D eigenvalue weighted by Gasteiger charge is 2.15. The van der Waals surface area contributed by atoms with Crippen LogP contribution in [0.4, 0.5) is 0 Å². The molecule has 1 N–H and O–H groups in total. The highest BCUT2D eigenvalue weighted by Crippen LogP contribution is 2.32. The maximum atomic E-state index is 10.5. The predicted molar refractivity (Wildman–Crippen MR) is 107 cm³/mol. The summed E-state index contributed by atoms with van der Waals surface area (Å²) in [6.45, 7) is 3.58. The van der Waals surface area contributed by atoms with Crippen molar-refractivity contribution in [1.29, 1.82) is 0 Å². The van der Waals surface area contributed by atoms with E-state index in [0.29, 0.717) is 13.2 Å². The number of ether oxygens (including phenoxy) is 3. The lowest BCUT2D eigenvalue weighted by Crippen LogP contribution is -2.23. The van der Waals surface area contributed by atoms with Crippen LogP contribution in [0.3, 0.4) is 0 Å². The first-order chi connectivity index (χ1) is 13.7. The molecule has 0 amide bonds. The van der Waals surface area contributed by atoms with Gasteiger partial charge >= 0.3 is 0 Å². The SMILES string of the molecule is CCCCc1nc2ccccc2n1CC(O)COCc1ccc2c(c1)OCO2. The maximum Gasteiger partial charge on any atom is 0.231 e. The summed E-state index contributed by atoms with van der Waals surface area (Å²) >= 11 is 0. The number of aliphatic hydroxyl groups excluding tert-OH is 1. The Hall–Kier alpha value is -2.57. The number of hydrogen-bond acceptors (Lipinski definition) is 5. The molecule has 2 heterocycles. The van der Waals surface area contributed by atoms with Crippen LogP contribution in [-0.4, -0.2) is 34.2 Å². The summed E-state index contributed by atoms with van der Waals surface area (Å²) < 4.78 is 18.6. The highest BCUT2D eigenvalue weighted by atomic mass is 16.7. The number of rotatable bonds is 9. The minimum absolute atomic E-state index is 0.258. The molecule has 148 valence electrons. The molecule has 1 aliphatic rings. The summed E-state index contributed by atoms with van der Waals surface area (Å²) in [6, 6.07) is 13.8. The van der Waals surface area contributed by atoms with Crippen molar-refractivity contribution < 1.29 is 19.3 Å². The minimum atomic E-state index is -0.605. The molecule has 6 heteroatoms. The highest BCUT2D eigenvalue weighted by molar-refractivity contribution is 5.75. The van der Waals surface area contributed by atoms with Crippen LogP contribution in [0.1, 0.15) is 31.2 Å². The quantitative estimate of drug-likeness (QED) is 0.611. The molecule has 0 aliphatic carbocycles. The van der Waals surface area contributed by atoms with Gasteiger partial charge < -0.3 is 23.9 Å². The van der Waals surface area contributed by atoms with Gasteiger partial charge in [0.1, 0.15) is 5.82 Å². The third kappa shape index (κ3) is 4.13. The number of nitrogens with zero attached hydrogens (tertiary/aromatic N) is 2. The van der Waals surface area contributed by atoms with Gasteiger partial charge in [0, 0.05) is 6.42 Å². The molecule has 1 unspecified atom stereocenters. The lowest BCUT2D eigenvalue weighted by molar-refractivity contribution is 0.0205. The Morgan fingerprint density at radius 1 is 1.18 bits per heavy atom. The third-order valence-corrected chi connectivity index (χ3v) is 4.90. The third-order valence-electron chi connectivity index (χ3n) is 4.90. The molecule has 0 bridgehead atoms. The topological polar surface area (TPSA) is 65.7 Å². The van der Waals surface area contributed by atoms with Crippen LogP contribution in [0.15, 0.2) is 42.5 Å². The van der Waals surface area contributed by atoms with Gasteiger partial charge in [-0.05, 0) is 36.2 Å². The van der Waals surface area contributed by atoms with Crippen molar-refractivity contribution in [3.63, 3.8) is 0 Å². The molecule has 4 rings (SSSR count). The number of aryl methyl sites for hydroxylation is 1. The zero-order valence-electron chi connectivity index (χ0n) is 16.1. The molecule has 0 saturated heterocycles. The van der Waals surface area contributed by atoms with E-state index in [0.717, 1.165) is 53.2 Å². The number of para-hydroxylation sites is 2. The number of hydrogen-bond donors (Lipinski definition) is 1. The maximum absolute atomic E-state index is 10.5. The van der Waals surface area contributed by atoms with E-state index < -0.39 is 6.10 Å². The Kier molecular flexibility index (Phi) is 5.78. The molecule has 6 nitrogen and oxygen atoms in total. The molecule has 3 aromatic rings. The van der Waals surface area contributed by atoms with Gasteiger partial charge in [-0.25, -0.2) is 4.98 Å². The molecule has 1 aromatic heterocycles. The molecule has 0 radical (unpaired) electrons. The average molecular weight is 382 g/mol. The second-order valence-corrected chi connectivity index (χ2v) is 7.09. The summed E-state index contributed by atoms with van der Waals surface area (Å²) in [7, 11) is 0. The number of benzene rings is 2. The molecular weight excluding hydrogens is 356 g/mol. The number of imidazole rings is 1. The van der Waals surface area contributed by atoms with E-state index in [2.05, 4.69) is 17.6 Å². The lowest BCUT2D eigenvalue weighted by Gasteiger charge is -2.15. The fourth-order valence-electron chi connectivity index (χ4n) is 3.46. The molecule has 28 heavy (non-hydrogen) atoms. The summed E-state index contributed by atoms with van der Waals surface area (Å²) in [4.78, 5) is 4.75. The van der Waals surface area contributed by atoms with Crippen LogP contribution >= 0.6 is 0 Å². The standard InChI is InChI=1S/C22H26N2O4/c1-2-3-8-22-23-18-6-4-5-7-19(18)24(22)12-17(25)14-26-13-16-9-10-20-21(11-16)28-15-27-20/h4-7,9-11,17,25H,2-3,8,12-15H2,1H3. The van der Waals surface area contributed by atoms with Crippen molar-refractivity contribution in [3.05, 3.63) is 53.9 Å². The van der Waals surface area contributed by atoms with Crippen LogP contribution in [0, 0.1) is 0 Å². The average Bonchev–Trinajstić information content (AvgIpc) is 3.31. The van der Waals surface area contributed by atoms with E-state index in [1.165, 1.54) is 0 Å². The molecule has 2 aromatic carbocycles. The second kappa shape index (κ2) is 8.63. The van der Waals surface area contributed by atoms with Crippen molar-refractivity contribution >= 4 is 11.0 Å². The Morgan fingerprint density at radius 2 is 2.04 bits per heavy atom. The number of fused-ring (bicyclic) bond motifs is 2. The first-order valence-corrected chi connectivity index (χ1v) is 9.83. The summed E-state index contributed by atoms with van der Waals surface area (Å²) in [6.07, 6.45) is 2.51. The molecule has 1 aliphatic heterocycles. The normalized spacial score (nSPS) is 13.9. The van der Waals surface area contributed by atoms with E-state index in [4.69, 9.17) is 19.2 Å². The fourth-order valence-corrected chi connectivity index (χ4v) is 3.46. The van der Waals surface area contributed by atoms with E-state index in [-0.39, 0.29) is 13.4 Å². The van der Waals surface area contributed by atoms with Gasteiger partial charge in [0.05, 0.1) is 36.9 Å². The second-order valence-electron chi connectivity index (χ2n) is 7.09. The monoisotopic (exact) mass is 382 g/mol. The predicted octanol–water partition coefficient (Wildman–Crippen LogP) is 3.69. The van der Waals surface area contributed by atoms with Crippen molar-refractivity contribution in [3.8, 4) is 11.5 Å². The smallest absolute Gasteiger partial charge is 0.231 e. The summed E-state index contributed by atoms with van der Waals surface area (Å²) in [5, 5.41) is 10.5. The first-order valence-electron chi connectivity index (χ1n) is 9.83. The molecule has 1 atom stereocenters. The molecular formula is C22H26N2O4. The van der Waals surface area contributed by atoms with Gasteiger partial charge in [0.2, 0.25) is 6.79 Å². The Labute approximate surface area is 164 Å². The molecule has 0 saturated carbocycles. The van der Waals surface area contributed by atoms with Gasteiger partial charge in [0.15, 0.2) is 11.5 Å². The number of unbranched alkanes of at least 4 members (excludes halogenated alkanes) is 1. The van der Waals surface area contributed by atoms with Gasteiger partial charge in [0.25, 0.3) is 0 Å². The van der Waals surface area contributed by atoms with Gasteiger partial charge in [-0.2, -0.15) is 0 Å². The fraction of sp³-hybridized carbons (Fsp3) is 0.409. The van der Waals surface area contributed by atoms with Gasteiger partial charge in [-0.15, -0.1) is 0 Å². The number of aromatic nitrogens is 2. The van der Waals surface area contributed by atoms with Crippen molar-refractivity contribution in [2.45, 2.75) is 45.4 Å². The molecule has 0 fully saturated rings. The minimum Gasteiger partial charge on any atom is -0.454 e. The van der Waals surface area contributed by atoms with Crippen LogP contribution in [0.5, 0.6) is 11.5 Å². The van der Waals surface area contributed by atoms with Crippen molar-refractivity contribution in [2.24, 2.45) is 0 Å². The van der Waals surface area contributed by atoms with Crippen LogP contribution < -0.4 is 9.47 Å². The summed E-state index contributed by atoms with van der Waals surface area (Å²) in [5.41, 5.74) is 3.03. The Balaban J connectivity index is 1.37. The lowest BCUT2D eigenvalue weighted by atomic mass is 10.2. The zero-order chi connectivity index (χ0) is 19.3. The van der Waals surface area contributed by atoms with Crippen LogP contribution in [0.2, 0.25) is 0 Å². The van der Waals surface area contributed by atoms with Crippen LogP contribution in [-0.2, 0) is 24.3 Å². The van der Waals surface area contributed by atoms with Crippen molar-refractivity contribution in [2.75, 3.05) is 13.4 Å².